The van der Waals surface area contributed by atoms with E-state index in [4.69, 9.17) is 12.2 Å². The molecule has 1 aliphatic carbocycles. The molecule has 106 valence electrons. The summed E-state index contributed by atoms with van der Waals surface area (Å²) in [6.45, 7) is 0. The first-order chi connectivity index (χ1) is 8.80. The van der Waals surface area contributed by atoms with Crippen LogP contribution >= 0.6 is 12.2 Å². The molecule has 1 unspecified atom stereocenters. The van der Waals surface area contributed by atoms with Gasteiger partial charge in [0.15, 0.2) is 0 Å². The zero-order valence-corrected chi connectivity index (χ0v) is 12.6. The van der Waals surface area contributed by atoms with Gasteiger partial charge in [-0.2, -0.15) is 0 Å². The van der Waals surface area contributed by atoms with Crippen molar-refractivity contribution in [1.29, 1.82) is 0 Å². The summed E-state index contributed by atoms with van der Waals surface area (Å²) in [6.07, 6.45) is 17.5. The van der Waals surface area contributed by atoms with E-state index in [1.165, 1.54) is 70.6 Å². The summed E-state index contributed by atoms with van der Waals surface area (Å²) >= 11 is 5.32. The van der Waals surface area contributed by atoms with Gasteiger partial charge in [0, 0.05) is 4.86 Å². The number of thiocarbonyl (C=S) groups is 1. The third-order valence-corrected chi connectivity index (χ3v) is 4.50. The molecule has 2 heteroatoms. The second kappa shape index (κ2) is 10.9. The minimum Gasteiger partial charge on any atom is -0.388 e. The van der Waals surface area contributed by atoms with Gasteiger partial charge in [-0.25, -0.2) is 0 Å². The maximum atomic E-state index is 9.95. The van der Waals surface area contributed by atoms with E-state index in [0.29, 0.717) is 0 Å². The summed E-state index contributed by atoms with van der Waals surface area (Å²) in [5.74, 6) is 0. The van der Waals surface area contributed by atoms with E-state index < -0.39 is 0 Å². The van der Waals surface area contributed by atoms with E-state index in [2.05, 4.69) is 0 Å². The normalized spacial score (nSPS) is 26.9. The van der Waals surface area contributed by atoms with Crippen LogP contribution in [-0.2, 0) is 0 Å². The average molecular weight is 270 g/mol. The molecule has 1 fully saturated rings. The largest absolute Gasteiger partial charge is 0.388 e. The highest BCUT2D eigenvalue weighted by molar-refractivity contribution is 7.80. The lowest BCUT2D eigenvalue weighted by Gasteiger charge is -2.12. The van der Waals surface area contributed by atoms with Gasteiger partial charge in [0.2, 0.25) is 0 Å². The van der Waals surface area contributed by atoms with Crippen molar-refractivity contribution in [2.75, 3.05) is 0 Å². The summed E-state index contributed by atoms with van der Waals surface area (Å²) in [7, 11) is 0. The van der Waals surface area contributed by atoms with Gasteiger partial charge in [-0.1, -0.05) is 82.8 Å². The predicted octanol–water partition coefficient (Wildman–Crippen LogP) is 5.19. The van der Waals surface area contributed by atoms with Gasteiger partial charge in [-0.3, -0.25) is 0 Å². The Kier molecular flexibility index (Phi) is 9.78. The lowest BCUT2D eigenvalue weighted by atomic mass is 10.00. The Labute approximate surface area is 118 Å². The van der Waals surface area contributed by atoms with Crippen LogP contribution in [-0.4, -0.2) is 16.1 Å². The predicted molar refractivity (Wildman–Crippen MR) is 83.2 cm³/mol. The van der Waals surface area contributed by atoms with Crippen LogP contribution in [0.25, 0.3) is 0 Å². The summed E-state index contributed by atoms with van der Waals surface area (Å²) in [5, 5.41) is 9.95. The van der Waals surface area contributed by atoms with Crippen LogP contribution in [0.5, 0.6) is 0 Å². The molecule has 0 amide bonds. The monoisotopic (exact) mass is 270 g/mol. The standard InChI is InChI=1S/C16H30OS/c17-15-13-11-9-7-5-3-1-2-4-6-8-10-12-14-16(15)18/h15,17H,1-14H2. The zero-order chi connectivity index (χ0) is 13.1. The van der Waals surface area contributed by atoms with Gasteiger partial charge >= 0.3 is 0 Å². The molecule has 1 rings (SSSR count). The van der Waals surface area contributed by atoms with Crippen molar-refractivity contribution in [1.82, 2.24) is 0 Å². The molecule has 0 aromatic carbocycles. The number of hydrogen-bond donors (Lipinski definition) is 1. The Morgan fingerprint density at radius 1 is 0.667 bits per heavy atom. The zero-order valence-electron chi connectivity index (χ0n) is 11.8. The van der Waals surface area contributed by atoms with Crippen molar-refractivity contribution >= 4 is 17.1 Å². The first kappa shape index (κ1) is 16.1. The molecule has 18 heavy (non-hydrogen) atoms. The van der Waals surface area contributed by atoms with Gasteiger partial charge in [-0.05, 0) is 19.3 Å². The molecule has 0 radical (unpaired) electrons. The molecule has 1 saturated carbocycles. The van der Waals surface area contributed by atoms with Crippen molar-refractivity contribution in [3.63, 3.8) is 0 Å². The second-order valence-corrected chi connectivity index (χ2v) is 6.29. The summed E-state index contributed by atoms with van der Waals surface area (Å²) in [4.78, 5) is 0.905. The van der Waals surface area contributed by atoms with Gasteiger partial charge in [0.1, 0.15) is 0 Å². The Morgan fingerprint density at radius 3 is 1.56 bits per heavy atom. The van der Waals surface area contributed by atoms with Crippen molar-refractivity contribution in [3.05, 3.63) is 0 Å². The highest BCUT2D eigenvalue weighted by Gasteiger charge is 2.10. The molecule has 1 aliphatic rings. The summed E-state index contributed by atoms with van der Waals surface area (Å²) < 4.78 is 0. The molecule has 0 aliphatic heterocycles. The fourth-order valence-corrected chi connectivity index (χ4v) is 2.99. The minimum atomic E-state index is -0.312. The Morgan fingerprint density at radius 2 is 1.06 bits per heavy atom. The first-order valence-electron chi connectivity index (χ1n) is 8.01. The maximum Gasteiger partial charge on any atom is 0.0852 e. The van der Waals surface area contributed by atoms with Gasteiger partial charge in [0.05, 0.1) is 6.10 Å². The molecule has 0 saturated heterocycles. The number of rotatable bonds is 0. The number of aliphatic hydroxyl groups is 1. The van der Waals surface area contributed by atoms with Crippen LogP contribution in [0.15, 0.2) is 0 Å². The topological polar surface area (TPSA) is 20.2 Å². The third kappa shape index (κ3) is 8.20. The lowest BCUT2D eigenvalue weighted by molar-refractivity contribution is 0.225. The second-order valence-electron chi connectivity index (χ2n) is 5.76. The van der Waals surface area contributed by atoms with Gasteiger partial charge in [0.25, 0.3) is 0 Å². The first-order valence-corrected chi connectivity index (χ1v) is 8.42. The molecule has 0 spiro atoms. The van der Waals surface area contributed by atoms with E-state index >= 15 is 0 Å². The Bertz CT molecular complexity index is 215. The van der Waals surface area contributed by atoms with E-state index in [1.807, 2.05) is 0 Å². The van der Waals surface area contributed by atoms with E-state index in [-0.39, 0.29) is 6.10 Å². The van der Waals surface area contributed by atoms with Gasteiger partial charge < -0.3 is 5.11 Å². The van der Waals surface area contributed by atoms with Gasteiger partial charge in [-0.15, -0.1) is 0 Å². The van der Waals surface area contributed by atoms with Crippen LogP contribution in [0.3, 0.4) is 0 Å². The average Bonchev–Trinajstić information content (AvgIpc) is 2.37. The van der Waals surface area contributed by atoms with Crippen LogP contribution in [0.1, 0.15) is 89.9 Å². The smallest absolute Gasteiger partial charge is 0.0852 e. The molecule has 1 N–H and O–H groups in total. The van der Waals surface area contributed by atoms with Crippen molar-refractivity contribution in [3.8, 4) is 0 Å². The molecule has 0 bridgehead atoms. The van der Waals surface area contributed by atoms with Crippen LogP contribution < -0.4 is 0 Å². The molecular weight excluding hydrogens is 240 g/mol. The van der Waals surface area contributed by atoms with Crippen molar-refractivity contribution in [2.45, 2.75) is 96.0 Å². The molecular formula is C16H30OS. The fourth-order valence-electron chi connectivity index (χ4n) is 2.73. The lowest BCUT2D eigenvalue weighted by Crippen LogP contribution is -2.18. The molecule has 1 atom stereocenters. The molecule has 0 heterocycles. The number of hydrogen-bond acceptors (Lipinski definition) is 2. The van der Waals surface area contributed by atoms with Crippen LogP contribution in [0.4, 0.5) is 0 Å². The van der Waals surface area contributed by atoms with Crippen LogP contribution in [0, 0.1) is 0 Å². The van der Waals surface area contributed by atoms with Crippen molar-refractivity contribution in [2.24, 2.45) is 0 Å². The maximum absolute atomic E-state index is 9.95. The van der Waals surface area contributed by atoms with Crippen LogP contribution in [0.2, 0.25) is 0 Å². The Balaban J connectivity index is 2.22. The molecule has 0 aromatic heterocycles. The fraction of sp³-hybridized carbons (Fsp3) is 0.938. The SMILES string of the molecule is OC1CCCCCCCCCCCCCCC1=S. The quantitative estimate of drug-likeness (QED) is 0.611. The molecule has 0 aromatic rings. The summed E-state index contributed by atoms with van der Waals surface area (Å²) in [6, 6.07) is 0. The Hall–Kier alpha value is 0.0500. The van der Waals surface area contributed by atoms with E-state index in [9.17, 15) is 5.11 Å². The molecule has 1 nitrogen and oxygen atoms in total. The minimum absolute atomic E-state index is 0.312. The highest BCUT2D eigenvalue weighted by Crippen LogP contribution is 2.16. The highest BCUT2D eigenvalue weighted by atomic mass is 32.1. The number of aliphatic hydroxyl groups excluding tert-OH is 1. The van der Waals surface area contributed by atoms with Crippen molar-refractivity contribution < 1.29 is 5.11 Å². The summed E-state index contributed by atoms with van der Waals surface area (Å²) in [5.41, 5.74) is 0. The van der Waals surface area contributed by atoms with E-state index in [1.54, 1.807) is 0 Å². The van der Waals surface area contributed by atoms with E-state index in [0.717, 1.165) is 24.1 Å². The third-order valence-electron chi connectivity index (χ3n) is 4.02.